The van der Waals surface area contributed by atoms with Crippen molar-refractivity contribution in [1.82, 2.24) is 29.7 Å². The molecule has 3 aliphatic heterocycles. The summed E-state index contributed by atoms with van der Waals surface area (Å²) in [4.78, 5) is 43.8. The van der Waals surface area contributed by atoms with Crippen molar-refractivity contribution >= 4 is 69.4 Å². The Labute approximate surface area is 313 Å². The highest BCUT2D eigenvalue weighted by Crippen LogP contribution is 2.48. The molecule has 2 unspecified atom stereocenters. The van der Waals surface area contributed by atoms with Gasteiger partial charge < -0.3 is 19.4 Å². The lowest BCUT2D eigenvalue weighted by Crippen LogP contribution is -2.25. The van der Waals surface area contributed by atoms with Crippen LogP contribution in [0.3, 0.4) is 0 Å². The number of hydrogen-bond donors (Lipinski definition) is 2. The molecular weight excluding hydrogens is 711 g/mol. The molecule has 0 fully saturated rings. The lowest BCUT2D eigenvalue weighted by Gasteiger charge is -2.28. The minimum atomic E-state index is -0.704. The Morgan fingerprint density at radius 3 is 2.02 bits per heavy atom. The molecule has 0 aliphatic carbocycles. The predicted molar refractivity (Wildman–Crippen MR) is 205 cm³/mol. The number of halogens is 2. The van der Waals surface area contributed by atoms with Crippen LogP contribution in [0, 0.1) is 0 Å². The highest BCUT2D eigenvalue weighted by atomic mass is 35.5. The molecule has 262 valence electrons. The molecule has 6 aromatic rings. The third-order valence-electron chi connectivity index (χ3n) is 10.1. The van der Waals surface area contributed by atoms with Gasteiger partial charge in [-0.05, 0) is 90.4 Å². The number of methoxy groups -OCH3 is 2. The van der Waals surface area contributed by atoms with Gasteiger partial charge in [-0.1, -0.05) is 47.5 Å². The highest BCUT2D eigenvalue weighted by Gasteiger charge is 2.42. The van der Waals surface area contributed by atoms with E-state index in [0.29, 0.717) is 28.7 Å². The molecule has 10 nitrogen and oxygen atoms in total. The van der Waals surface area contributed by atoms with Crippen molar-refractivity contribution < 1.29 is 19.1 Å². The molecule has 2 atom stereocenters. The molecule has 9 rings (SSSR count). The molecule has 3 aliphatic rings. The number of ether oxygens (including phenoxy) is 2. The van der Waals surface area contributed by atoms with Gasteiger partial charge in [0.25, 0.3) is 0 Å². The number of fused-ring (bicyclic) bond motifs is 12. The second kappa shape index (κ2) is 12.9. The average Bonchev–Trinajstić information content (AvgIpc) is 4.02. The summed E-state index contributed by atoms with van der Waals surface area (Å²) in [5.41, 5.74) is 11.1. The lowest BCUT2D eigenvalue weighted by molar-refractivity contribution is 0.0551. The van der Waals surface area contributed by atoms with Crippen LogP contribution in [0.25, 0.3) is 56.5 Å². The van der Waals surface area contributed by atoms with Crippen molar-refractivity contribution in [3.8, 4) is 22.3 Å². The number of nitrogens with one attached hydrogen (secondary N) is 2. The average molecular weight is 742 g/mol. The minimum absolute atomic E-state index is 0.0674. The van der Waals surface area contributed by atoms with Gasteiger partial charge >= 0.3 is 11.9 Å². The number of aromatic nitrogens is 6. The standard InChI is InChI=1S/C41H30Cl2N6O4/c1-52-40(50)37-34-19-28-29(20-49(34)48-39(37)41(51)53-2)38-36(22-5-9-24(43)10-6-22)32-16-12-26(45-32)17-25-11-14-30(44-25)35(21-3-7-23(42)8-4-21)31-15-13-27(46-31)18-33(28)47-38/h3-18,28-29,45-46H,19-20H2,1-2H3. The molecule has 8 bridgehead atoms. The van der Waals surface area contributed by atoms with Crippen LogP contribution in [-0.4, -0.2) is 55.9 Å². The Hall–Kier alpha value is -5.97. The molecule has 2 aromatic carbocycles. The quantitative estimate of drug-likeness (QED) is 0.172. The number of H-pyrrole nitrogens is 2. The third kappa shape index (κ3) is 5.71. The maximum atomic E-state index is 13.2. The molecule has 0 saturated carbocycles. The van der Waals surface area contributed by atoms with Gasteiger partial charge in [0.1, 0.15) is 5.56 Å². The van der Waals surface area contributed by atoms with Crippen LogP contribution in [0.15, 0.2) is 84.9 Å². The molecular formula is C41H30Cl2N6O4. The van der Waals surface area contributed by atoms with Gasteiger partial charge in [0.05, 0.1) is 43.5 Å². The second-order valence-corrected chi connectivity index (χ2v) is 14.0. The Bertz CT molecular complexity index is 2670. The summed E-state index contributed by atoms with van der Waals surface area (Å²) >= 11 is 12.7. The van der Waals surface area contributed by atoms with E-state index in [0.717, 1.165) is 67.1 Å². The predicted octanol–water partition coefficient (Wildman–Crippen LogP) is 9.02. The smallest absolute Gasteiger partial charge is 0.359 e. The van der Waals surface area contributed by atoms with Crippen molar-refractivity contribution in [3.05, 3.63) is 135 Å². The van der Waals surface area contributed by atoms with Crippen molar-refractivity contribution in [2.24, 2.45) is 0 Å². The zero-order valence-corrected chi connectivity index (χ0v) is 30.0. The fourth-order valence-electron chi connectivity index (χ4n) is 7.66. The van der Waals surface area contributed by atoms with Gasteiger partial charge in [-0.15, -0.1) is 0 Å². The van der Waals surface area contributed by atoms with E-state index in [1.807, 2.05) is 91.0 Å². The molecule has 0 radical (unpaired) electrons. The first-order valence-electron chi connectivity index (χ1n) is 17.0. The second-order valence-electron chi connectivity index (χ2n) is 13.1. The summed E-state index contributed by atoms with van der Waals surface area (Å²) in [5.74, 6) is -1.70. The summed E-state index contributed by atoms with van der Waals surface area (Å²) in [6.45, 7) is 0.359. The van der Waals surface area contributed by atoms with Crippen molar-refractivity contribution in [3.63, 3.8) is 0 Å². The number of aromatic amines is 2. The number of hydrogen-bond acceptors (Lipinski definition) is 7. The molecule has 0 spiro atoms. The number of esters is 2. The summed E-state index contributed by atoms with van der Waals surface area (Å²) in [7, 11) is 2.56. The SMILES string of the molecule is COC(=O)c1nn2c(c1C(=O)OC)CC1c3cc4ccc([nH]4)c(-c4ccc(Cl)cc4)c4nc(cc5ccc([nH]5)c(-c5ccc(Cl)cc5)c(n3)C1C2)C=C4. The van der Waals surface area contributed by atoms with Crippen LogP contribution in [0.2, 0.25) is 10.0 Å². The van der Waals surface area contributed by atoms with Gasteiger partial charge in [-0.3, -0.25) is 9.67 Å². The first kappa shape index (κ1) is 32.9. The Balaban J connectivity index is 1.35. The van der Waals surface area contributed by atoms with Crippen LogP contribution in [-0.2, 0) is 22.4 Å². The van der Waals surface area contributed by atoms with Crippen LogP contribution in [0.4, 0.5) is 0 Å². The number of carbonyl (C=O) groups excluding carboxylic acids is 2. The number of rotatable bonds is 4. The number of carbonyl (C=O) groups is 2. The van der Waals surface area contributed by atoms with E-state index < -0.39 is 11.9 Å². The van der Waals surface area contributed by atoms with Gasteiger partial charge in [-0.25, -0.2) is 14.6 Å². The van der Waals surface area contributed by atoms with Gasteiger partial charge in [0.15, 0.2) is 5.69 Å². The van der Waals surface area contributed by atoms with Crippen LogP contribution in [0.1, 0.15) is 61.2 Å². The van der Waals surface area contributed by atoms with E-state index in [-0.39, 0.29) is 23.1 Å². The zero-order chi connectivity index (χ0) is 36.4. The van der Waals surface area contributed by atoms with Crippen molar-refractivity contribution in [1.29, 1.82) is 0 Å². The first-order chi connectivity index (χ1) is 25.8. The Morgan fingerprint density at radius 1 is 0.736 bits per heavy atom. The summed E-state index contributed by atoms with van der Waals surface area (Å²) in [6, 6.07) is 27.6. The fraction of sp³-hybridized carbons (Fsp3) is 0.146. The van der Waals surface area contributed by atoms with Gasteiger partial charge in [-0.2, -0.15) is 5.10 Å². The minimum Gasteiger partial charge on any atom is -0.465 e. The third-order valence-corrected chi connectivity index (χ3v) is 10.6. The van der Waals surface area contributed by atoms with Crippen LogP contribution < -0.4 is 0 Å². The van der Waals surface area contributed by atoms with E-state index in [9.17, 15) is 9.59 Å². The van der Waals surface area contributed by atoms with Crippen LogP contribution >= 0.6 is 23.2 Å². The molecule has 0 saturated heterocycles. The van der Waals surface area contributed by atoms with E-state index in [4.69, 9.17) is 42.6 Å². The summed E-state index contributed by atoms with van der Waals surface area (Å²) in [5, 5.41) is 5.88. The molecule has 12 heteroatoms. The zero-order valence-electron chi connectivity index (χ0n) is 28.5. The van der Waals surface area contributed by atoms with Gasteiger partial charge in [0, 0.05) is 60.8 Å². The molecule has 53 heavy (non-hydrogen) atoms. The normalized spacial score (nSPS) is 15.8. The number of benzene rings is 2. The largest absolute Gasteiger partial charge is 0.465 e. The Morgan fingerprint density at radius 2 is 1.36 bits per heavy atom. The summed E-state index contributed by atoms with van der Waals surface area (Å²) < 4.78 is 11.9. The maximum absolute atomic E-state index is 13.2. The maximum Gasteiger partial charge on any atom is 0.359 e. The Kier molecular flexibility index (Phi) is 8.01. The number of nitrogens with zero attached hydrogens (tertiary/aromatic N) is 4. The molecule has 4 aromatic heterocycles. The van der Waals surface area contributed by atoms with Crippen molar-refractivity contribution in [2.45, 2.75) is 24.8 Å². The van der Waals surface area contributed by atoms with E-state index in [2.05, 4.69) is 21.1 Å². The monoisotopic (exact) mass is 740 g/mol. The van der Waals surface area contributed by atoms with Crippen molar-refractivity contribution in [2.75, 3.05) is 14.2 Å². The summed E-state index contributed by atoms with van der Waals surface area (Å²) in [6.07, 6.45) is 4.41. The first-order valence-corrected chi connectivity index (χ1v) is 17.7. The highest BCUT2D eigenvalue weighted by molar-refractivity contribution is 6.31. The van der Waals surface area contributed by atoms with Gasteiger partial charge in [0.2, 0.25) is 0 Å². The van der Waals surface area contributed by atoms with E-state index >= 15 is 0 Å². The molecule has 2 N–H and O–H groups in total. The molecule has 7 heterocycles. The molecule has 0 amide bonds. The topological polar surface area (TPSA) is 128 Å². The van der Waals surface area contributed by atoms with E-state index in [1.165, 1.54) is 14.2 Å². The lowest BCUT2D eigenvalue weighted by atomic mass is 9.81. The van der Waals surface area contributed by atoms with E-state index in [1.54, 1.807) is 4.68 Å². The van der Waals surface area contributed by atoms with Crippen LogP contribution in [0.5, 0.6) is 0 Å². The fourth-order valence-corrected chi connectivity index (χ4v) is 7.92.